The number of anilines is 2. The second-order valence-corrected chi connectivity index (χ2v) is 5.78. The molecule has 2 N–H and O–H groups in total. The van der Waals surface area contributed by atoms with E-state index in [1.54, 1.807) is 24.3 Å². The van der Waals surface area contributed by atoms with E-state index in [-0.39, 0.29) is 11.4 Å². The number of hydrogen-bond donors (Lipinski definition) is 2. The third-order valence-corrected chi connectivity index (χ3v) is 3.50. The molecule has 2 aromatic rings. The molecule has 5 heteroatoms. The molecule has 5 nitrogen and oxygen atoms in total. The average Bonchev–Trinajstić information content (AvgIpc) is 2.54. The van der Waals surface area contributed by atoms with Crippen LogP contribution in [0.2, 0.25) is 0 Å². The van der Waals surface area contributed by atoms with Gasteiger partial charge < -0.3 is 10.6 Å². The summed E-state index contributed by atoms with van der Waals surface area (Å²) in [6.45, 7) is 5.40. The molecule has 0 radical (unpaired) electrons. The van der Waals surface area contributed by atoms with E-state index in [9.17, 15) is 14.9 Å². The van der Waals surface area contributed by atoms with Crippen LogP contribution in [0.15, 0.2) is 54.2 Å². The number of hydrogen-bond acceptors (Lipinski definition) is 4. The monoisotopic (exact) mass is 333 g/mol. The van der Waals surface area contributed by atoms with Gasteiger partial charge in [-0.05, 0) is 56.2 Å². The number of aryl methyl sites for hydroxylation is 2. The number of carbonyl (C=O) groups excluding carboxylic acids is 2. The Labute approximate surface area is 147 Å². The van der Waals surface area contributed by atoms with Gasteiger partial charge in [-0.1, -0.05) is 18.2 Å². The van der Waals surface area contributed by atoms with Gasteiger partial charge in [-0.25, -0.2) is 0 Å². The van der Waals surface area contributed by atoms with Gasteiger partial charge in [-0.15, -0.1) is 0 Å². The molecule has 2 aromatic carbocycles. The van der Waals surface area contributed by atoms with E-state index in [0.29, 0.717) is 11.3 Å². The van der Waals surface area contributed by atoms with E-state index in [1.807, 2.05) is 38.1 Å². The molecule has 25 heavy (non-hydrogen) atoms. The number of ketones is 1. The molecule has 0 spiro atoms. The molecule has 0 saturated carbocycles. The number of amides is 1. The first kappa shape index (κ1) is 18.0. The Bertz CT molecular complexity index is 872. The predicted octanol–water partition coefficient (Wildman–Crippen LogP) is 3.96. The summed E-state index contributed by atoms with van der Waals surface area (Å²) in [7, 11) is 0. The zero-order valence-electron chi connectivity index (χ0n) is 14.4. The minimum absolute atomic E-state index is 0.0626. The van der Waals surface area contributed by atoms with Crippen LogP contribution < -0.4 is 10.6 Å². The van der Waals surface area contributed by atoms with E-state index < -0.39 is 5.91 Å². The number of nitrogens with one attached hydrogen (secondary N) is 2. The summed E-state index contributed by atoms with van der Waals surface area (Å²) in [5.74, 6) is -0.635. The van der Waals surface area contributed by atoms with Crippen LogP contribution in [0.4, 0.5) is 11.4 Å². The van der Waals surface area contributed by atoms with Gasteiger partial charge in [0, 0.05) is 23.1 Å². The molecule has 0 aliphatic carbocycles. The van der Waals surface area contributed by atoms with Crippen LogP contribution in [0.3, 0.4) is 0 Å². The highest BCUT2D eigenvalue weighted by Crippen LogP contribution is 2.15. The van der Waals surface area contributed by atoms with Crippen molar-refractivity contribution in [2.45, 2.75) is 20.8 Å². The Kier molecular flexibility index (Phi) is 5.70. The quantitative estimate of drug-likeness (QED) is 0.493. The van der Waals surface area contributed by atoms with Crippen LogP contribution in [-0.4, -0.2) is 11.7 Å². The Hall–Kier alpha value is -3.39. The van der Waals surface area contributed by atoms with Crippen molar-refractivity contribution >= 4 is 23.1 Å². The lowest BCUT2D eigenvalue weighted by Crippen LogP contribution is -2.15. The van der Waals surface area contributed by atoms with Crippen LogP contribution in [0.1, 0.15) is 28.4 Å². The third-order valence-electron chi connectivity index (χ3n) is 3.50. The van der Waals surface area contributed by atoms with E-state index in [0.717, 1.165) is 16.8 Å². The topological polar surface area (TPSA) is 82.0 Å². The molecule has 0 bridgehead atoms. The fraction of sp³-hybridized carbons (Fsp3) is 0.150. The molecule has 0 saturated heterocycles. The normalized spacial score (nSPS) is 10.7. The molecule has 126 valence electrons. The minimum Gasteiger partial charge on any atom is -0.360 e. The van der Waals surface area contributed by atoms with Crippen molar-refractivity contribution in [1.29, 1.82) is 5.26 Å². The Balaban J connectivity index is 2.14. The number of benzene rings is 2. The lowest BCUT2D eigenvalue weighted by atomic mass is 10.1. The lowest BCUT2D eigenvalue weighted by molar-refractivity contribution is -0.112. The molecule has 0 aliphatic rings. The fourth-order valence-corrected chi connectivity index (χ4v) is 2.38. The molecule has 0 heterocycles. The van der Waals surface area contributed by atoms with Crippen molar-refractivity contribution in [3.05, 3.63) is 70.9 Å². The van der Waals surface area contributed by atoms with Gasteiger partial charge >= 0.3 is 0 Å². The zero-order chi connectivity index (χ0) is 18.4. The first-order valence-electron chi connectivity index (χ1n) is 7.76. The predicted molar refractivity (Wildman–Crippen MR) is 98.3 cm³/mol. The maximum Gasteiger partial charge on any atom is 0.267 e. The first-order valence-corrected chi connectivity index (χ1v) is 7.76. The van der Waals surface area contributed by atoms with Crippen molar-refractivity contribution in [3.63, 3.8) is 0 Å². The number of Topliss-reactive ketones (excluding diaryl/α,β-unsaturated/α-hetero) is 1. The number of carbonyl (C=O) groups is 2. The lowest BCUT2D eigenvalue weighted by Gasteiger charge is -2.07. The number of nitrogens with zero attached hydrogens (tertiary/aromatic N) is 1. The average molecular weight is 333 g/mol. The first-order chi connectivity index (χ1) is 11.9. The van der Waals surface area contributed by atoms with Crippen LogP contribution in [0.25, 0.3) is 0 Å². The van der Waals surface area contributed by atoms with E-state index in [1.165, 1.54) is 13.1 Å². The van der Waals surface area contributed by atoms with Gasteiger partial charge in [0.15, 0.2) is 5.78 Å². The number of nitriles is 1. The second-order valence-electron chi connectivity index (χ2n) is 5.78. The van der Waals surface area contributed by atoms with Crippen LogP contribution in [0, 0.1) is 25.2 Å². The fourth-order valence-electron chi connectivity index (χ4n) is 2.38. The second kappa shape index (κ2) is 7.93. The Morgan fingerprint density at radius 2 is 1.72 bits per heavy atom. The summed E-state index contributed by atoms with van der Waals surface area (Å²) in [5.41, 5.74) is 3.86. The molecule has 0 aliphatic heterocycles. The van der Waals surface area contributed by atoms with Gasteiger partial charge in [-0.2, -0.15) is 5.26 Å². The van der Waals surface area contributed by atoms with Gasteiger partial charge in [0.2, 0.25) is 0 Å². The molecule has 0 unspecified atom stereocenters. The third kappa shape index (κ3) is 5.05. The van der Waals surface area contributed by atoms with Crippen LogP contribution in [0.5, 0.6) is 0 Å². The molecule has 2 rings (SSSR count). The Morgan fingerprint density at radius 3 is 2.32 bits per heavy atom. The zero-order valence-corrected chi connectivity index (χ0v) is 14.4. The number of rotatable bonds is 5. The van der Waals surface area contributed by atoms with Crippen molar-refractivity contribution in [3.8, 4) is 6.07 Å². The van der Waals surface area contributed by atoms with Crippen molar-refractivity contribution < 1.29 is 9.59 Å². The summed E-state index contributed by atoms with van der Waals surface area (Å²) in [6, 6.07) is 14.3. The summed E-state index contributed by atoms with van der Waals surface area (Å²) in [5, 5.41) is 14.8. The van der Waals surface area contributed by atoms with Gasteiger partial charge in [-0.3, -0.25) is 9.59 Å². The Morgan fingerprint density at radius 1 is 1.04 bits per heavy atom. The van der Waals surface area contributed by atoms with Crippen molar-refractivity contribution in [1.82, 2.24) is 0 Å². The van der Waals surface area contributed by atoms with Crippen molar-refractivity contribution in [2.24, 2.45) is 0 Å². The highest BCUT2D eigenvalue weighted by atomic mass is 16.1. The molecule has 0 atom stereocenters. The molecule has 0 fully saturated rings. The standard InChI is InChI=1S/C20H19N3O2/c1-13-7-14(2)9-19(8-13)22-12-17(11-21)20(25)23-18-6-4-5-16(10-18)15(3)24/h4-10,12,22H,1-3H3,(H,23,25)/b17-12-. The van der Waals surface area contributed by atoms with Crippen molar-refractivity contribution in [2.75, 3.05) is 10.6 Å². The maximum atomic E-state index is 12.3. The molecule has 1 amide bonds. The molecule has 0 aromatic heterocycles. The van der Waals surface area contributed by atoms with Gasteiger partial charge in [0.1, 0.15) is 11.6 Å². The van der Waals surface area contributed by atoms with E-state index in [4.69, 9.17) is 0 Å². The smallest absolute Gasteiger partial charge is 0.267 e. The SMILES string of the molecule is CC(=O)c1cccc(NC(=O)/C(C#N)=C\Nc2cc(C)cc(C)c2)c1. The van der Waals surface area contributed by atoms with E-state index in [2.05, 4.69) is 10.6 Å². The highest BCUT2D eigenvalue weighted by molar-refractivity contribution is 6.07. The largest absolute Gasteiger partial charge is 0.360 e. The summed E-state index contributed by atoms with van der Waals surface area (Å²) in [4.78, 5) is 23.7. The minimum atomic E-state index is -0.542. The van der Waals surface area contributed by atoms with Gasteiger partial charge in [0.05, 0.1) is 0 Å². The molecular weight excluding hydrogens is 314 g/mol. The van der Waals surface area contributed by atoms with E-state index >= 15 is 0 Å². The molecular formula is C20H19N3O2. The highest BCUT2D eigenvalue weighted by Gasteiger charge is 2.10. The van der Waals surface area contributed by atoms with Crippen LogP contribution >= 0.6 is 0 Å². The summed E-state index contributed by atoms with van der Waals surface area (Å²) in [6.07, 6.45) is 1.37. The summed E-state index contributed by atoms with van der Waals surface area (Å²) < 4.78 is 0. The van der Waals surface area contributed by atoms with Crippen LogP contribution in [-0.2, 0) is 4.79 Å². The maximum absolute atomic E-state index is 12.3. The summed E-state index contributed by atoms with van der Waals surface area (Å²) >= 11 is 0. The van der Waals surface area contributed by atoms with Gasteiger partial charge in [0.25, 0.3) is 5.91 Å².